The zero-order valence-corrected chi connectivity index (χ0v) is 9.64. The molecule has 2 aromatic carbocycles. The first-order valence-corrected chi connectivity index (χ1v) is 5.43. The molecule has 4 heteroatoms. The van der Waals surface area contributed by atoms with Crippen LogP contribution in [0.3, 0.4) is 0 Å². The Balaban J connectivity index is 2.58. The highest BCUT2D eigenvalue weighted by molar-refractivity contribution is 6.31. The van der Waals surface area contributed by atoms with E-state index in [-0.39, 0.29) is 17.4 Å². The van der Waals surface area contributed by atoms with E-state index in [1.165, 1.54) is 24.3 Å². The molecule has 2 rings (SSSR count). The highest BCUT2D eigenvalue weighted by Crippen LogP contribution is 2.28. The molecule has 0 saturated carbocycles. The molecule has 0 saturated heterocycles. The second-order valence-corrected chi connectivity index (χ2v) is 4.04. The van der Waals surface area contributed by atoms with E-state index in [0.29, 0.717) is 11.1 Å². The summed E-state index contributed by atoms with van der Waals surface area (Å²) in [6, 6.07) is 8.59. The normalized spacial score (nSPS) is 10.6. The molecule has 0 bridgehead atoms. The number of benzene rings is 2. The van der Waals surface area contributed by atoms with Crippen LogP contribution in [-0.4, -0.2) is 0 Å². The molecule has 0 radical (unpaired) electrons. The van der Waals surface area contributed by atoms with Gasteiger partial charge in [-0.25, -0.2) is 8.78 Å². The molecular formula is C13H10ClF2N. The fourth-order valence-electron chi connectivity index (χ4n) is 1.66. The topological polar surface area (TPSA) is 26.0 Å². The van der Waals surface area contributed by atoms with E-state index in [1.807, 2.05) is 0 Å². The van der Waals surface area contributed by atoms with E-state index >= 15 is 0 Å². The molecule has 0 unspecified atom stereocenters. The maximum atomic E-state index is 13.2. The molecular weight excluding hydrogens is 244 g/mol. The summed E-state index contributed by atoms with van der Waals surface area (Å²) in [5.74, 6) is -0.862. The molecule has 17 heavy (non-hydrogen) atoms. The summed E-state index contributed by atoms with van der Waals surface area (Å²) < 4.78 is 26.2. The molecule has 0 aromatic heterocycles. The van der Waals surface area contributed by atoms with Crippen LogP contribution in [0.4, 0.5) is 8.78 Å². The average molecular weight is 254 g/mol. The lowest BCUT2D eigenvalue weighted by Crippen LogP contribution is -1.99. The van der Waals surface area contributed by atoms with Crippen LogP contribution in [0.15, 0.2) is 36.4 Å². The molecule has 0 spiro atoms. The Morgan fingerprint density at radius 1 is 1.06 bits per heavy atom. The molecule has 0 amide bonds. The Labute approximate surface area is 103 Å². The lowest BCUT2D eigenvalue weighted by molar-refractivity contribution is 0.627. The van der Waals surface area contributed by atoms with Crippen molar-refractivity contribution in [1.29, 1.82) is 0 Å². The van der Waals surface area contributed by atoms with Crippen LogP contribution in [0.5, 0.6) is 0 Å². The van der Waals surface area contributed by atoms with Crippen molar-refractivity contribution >= 4 is 11.6 Å². The zero-order valence-electron chi connectivity index (χ0n) is 8.88. The maximum absolute atomic E-state index is 13.2. The lowest BCUT2D eigenvalue weighted by Gasteiger charge is -2.09. The first kappa shape index (κ1) is 12.0. The molecule has 2 aromatic rings. The Hall–Kier alpha value is -1.45. The minimum atomic E-state index is -0.499. The van der Waals surface area contributed by atoms with Crippen molar-refractivity contribution in [2.45, 2.75) is 6.54 Å². The van der Waals surface area contributed by atoms with Gasteiger partial charge in [0.25, 0.3) is 0 Å². The predicted molar refractivity (Wildman–Crippen MR) is 64.7 cm³/mol. The standard InChI is InChI=1S/C13H10ClF2N/c14-12-5-8(2-4-13(12)16)11-6-10(15)3-1-9(11)7-17/h1-6H,7,17H2. The van der Waals surface area contributed by atoms with Crippen molar-refractivity contribution in [3.05, 3.63) is 58.6 Å². The predicted octanol–water partition coefficient (Wildman–Crippen LogP) is 3.74. The summed E-state index contributed by atoms with van der Waals surface area (Å²) in [6.45, 7) is 0.282. The lowest BCUT2D eigenvalue weighted by atomic mass is 9.99. The van der Waals surface area contributed by atoms with Crippen LogP contribution in [0.1, 0.15) is 5.56 Å². The molecule has 0 aliphatic carbocycles. The van der Waals surface area contributed by atoms with Gasteiger partial charge in [-0.3, -0.25) is 0 Å². The van der Waals surface area contributed by atoms with E-state index in [9.17, 15) is 8.78 Å². The number of halogens is 3. The summed E-state index contributed by atoms with van der Waals surface area (Å²) in [4.78, 5) is 0. The quantitative estimate of drug-likeness (QED) is 0.867. The second-order valence-electron chi connectivity index (χ2n) is 3.63. The van der Waals surface area contributed by atoms with Gasteiger partial charge in [-0.15, -0.1) is 0 Å². The van der Waals surface area contributed by atoms with Gasteiger partial charge in [-0.1, -0.05) is 23.7 Å². The van der Waals surface area contributed by atoms with Gasteiger partial charge < -0.3 is 5.73 Å². The minimum Gasteiger partial charge on any atom is -0.326 e. The van der Waals surface area contributed by atoms with Crippen LogP contribution in [0.2, 0.25) is 5.02 Å². The highest BCUT2D eigenvalue weighted by Gasteiger charge is 2.08. The first-order chi connectivity index (χ1) is 8.11. The summed E-state index contributed by atoms with van der Waals surface area (Å²) in [7, 11) is 0. The number of nitrogens with two attached hydrogens (primary N) is 1. The molecule has 1 nitrogen and oxygen atoms in total. The maximum Gasteiger partial charge on any atom is 0.141 e. The minimum absolute atomic E-state index is 0.00901. The Bertz CT molecular complexity index is 555. The van der Waals surface area contributed by atoms with Gasteiger partial charge in [0.2, 0.25) is 0 Å². The fourth-order valence-corrected chi connectivity index (χ4v) is 1.84. The van der Waals surface area contributed by atoms with E-state index in [1.54, 1.807) is 12.1 Å². The van der Waals surface area contributed by atoms with Gasteiger partial charge in [0.15, 0.2) is 0 Å². The van der Waals surface area contributed by atoms with Gasteiger partial charge in [-0.05, 0) is 41.0 Å². The van der Waals surface area contributed by atoms with Gasteiger partial charge >= 0.3 is 0 Å². The molecule has 0 aliphatic heterocycles. The second kappa shape index (κ2) is 4.82. The van der Waals surface area contributed by atoms with Crippen LogP contribution >= 0.6 is 11.6 Å². The van der Waals surface area contributed by atoms with Crippen molar-refractivity contribution in [2.75, 3.05) is 0 Å². The molecule has 0 aliphatic rings. The summed E-state index contributed by atoms with van der Waals surface area (Å²) >= 11 is 5.70. The SMILES string of the molecule is NCc1ccc(F)cc1-c1ccc(F)c(Cl)c1. The Kier molecular flexibility index (Phi) is 3.41. The third-order valence-corrected chi connectivity index (χ3v) is 2.81. The number of hydrogen-bond acceptors (Lipinski definition) is 1. The summed E-state index contributed by atoms with van der Waals surface area (Å²) in [6.07, 6.45) is 0. The third kappa shape index (κ3) is 2.46. The zero-order chi connectivity index (χ0) is 12.4. The molecule has 0 heterocycles. The monoisotopic (exact) mass is 253 g/mol. The van der Waals surface area contributed by atoms with Crippen LogP contribution in [0.25, 0.3) is 11.1 Å². The van der Waals surface area contributed by atoms with E-state index in [0.717, 1.165) is 5.56 Å². The van der Waals surface area contributed by atoms with Crippen molar-refractivity contribution < 1.29 is 8.78 Å². The Morgan fingerprint density at radius 3 is 2.47 bits per heavy atom. The molecule has 0 fully saturated rings. The van der Waals surface area contributed by atoms with Gasteiger partial charge in [-0.2, -0.15) is 0 Å². The Morgan fingerprint density at radius 2 is 1.82 bits per heavy atom. The van der Waals surface area contributed by atoms with Gasteiger partial charge in [0.05, 0.1) is 5.02 Å². The average Bonchev–Trinajstić information content (AvgIpc) is 2.32. The molecule has 88 valence electrons. The molecule has 2 N–H and O–H groups in total. The summed E-state index contributed by atoms with van der Waals surface area (Å²) in [5, 5.41) is 0.00901. The first-order valence-electron chi connectivity index (χ1n) is 5.05. The number of hydrogen-bond donors (Lipinski definition) is 1. The van der Waals surface area contributed by atoms with E-state index in [4.69, 9.17) is 17.3 Å². The van der Waals surface area contributed by atoms with Crippen LogP contribution < -0.4 is 5.73 Å². The van der Waals surface area contributed by atoms with Crippen LogP contribution in [0, 0.1) is 11.6 Å². The van der Waals surface area contributed by atoms with E-state index in [2.05, 4.69) is 0 Å². The van der Waals surface area contributed by atoms with Crippen molar-refractivity contribution in [3.63, 3.8) is 0 Å². The largest absolute Gasteiger partial charge is 0.326 e. The van der Waals surface area contributed by atoms with Crippen LogP contribution in [-0.2, 0) is 6.54 Å². The number of rotatable bonds is 2. The van der Waals surface area contributed by atoms with Gasteiger partial charge in [0, 0.05) is 6.54 Å². The van der Waals surface area contributed by atoms with Gasteiger partial charge in [0.1, 0.15) is 11.6 Å². The van der Waals surface area contributed by atoms with E-state index < -0.39 is 5.82 Å². The van der Waals surface area contributed by atoms with Crippen molar-refractivity contribution in [3.8, 4) is 11.1 Å². The van der Waals surface area contributed by atoms with Crippen molar-refractivity contribution in [1.82, 2.24) is 0 Å². The smallest absolute Gasteiger partial charge is 0.141 e. The molecule has 0 atom stereocenters. The highest BCUT2D eigenvalue weighted by atomic mass is 35.5. The van der Waals surface area contributed by atoms with Crippen molar-refractivity contribution in [2.24, 2.45) is 5.73 Å². The third-order valence-electron chi connectivity index (χ3n) is 2.52. The summed E-state index contributed by atoms with van der Waals surface area (Å²) in [5.41, 5.74) is 7.65. The fraction of sp³-hybridized carbons (Fsp3) is 0.0769.